The Morgan fingerprint density at radius 2 is 2.38 bits per heavy atom. The van der Waals surface area contributed by atoms with E-state index in [0.29, 0.717) is 6.61 Å². The van der Waals surface area contributed by atoms with Crippen molar-refractivity contribution >= 4 is 0 Å². The van der Waals surface area contributed by atoms with Crippen molar-refractivity contribution < 1.29 is 14.6 Å². The molecule has 3 N–H and O–H groups in total. The Labute approximate surface area is 95.0 Å². The highest BCUT2D eigenvalue weighted by atomic mass is 16.5. The van der Waals surface area contributed by atoms with E-state index in [1.165, 1.54) is 5.56 Å². The first kappa shape index (κ1) is 11.4. The van der Waals surface area contributed by atoms with Gasteiger partial charge in [0.1, 0.15) is 5.75 Å². The second-order valence-corrected chi connectivity index (χ2v) is 3.95. The molecule has 1 aromatic rings. The van der Waals surface area contributed by atoms with Gasteiger partial charge in [-0.25, -0.2) is 0 Å². The van der Waals surface area contributed by atoms with Crippen molar-refractivity contribution in [2.75, 3.05) is 19.8 Å². The molecule has 16 heavy (non-hydrogen) atoms. The van der Waals surface area contributed by atoms with Gasteiger partial charge in [-0.2, -0.15) is 0 Å². The maximum atomic E-state index is 9.22. The van der Waals surface area contributed by atoms with Gasteiger partial charge in [0.2, 0.25) is 0 Å². The molecule has 1 aliphatic rings. The average Bonchev–Trinajstić information content (AvgIpc) is 2.76. The number of hydrogen-bond acceptors (Lipinski definition) is 4. The molecular formula is C12H17NO3. The highest BCUT2D eigenvalue weighted by Crippen LogP contribution is 2.25. The van der Waals surface area contributed by atoms with E-state index in [9.17, 15) is 5.11 Å². The van der Waals surface area contributed by atoms with Crippen molar-refractivity contribution in [3.63, 3.8) is 0 Å². The fourth-order valence-corrected chi connectivity index (χ4v) is 1.71. The van der Waals surface area contributed by atoms with E-state index in [4.69, 9.17) is 15.2 Å². The monoisotopic (exact) mass is 223 g/mol. The number of nitrogens with two attached hydrogens (primary N) is 1. The second-order valence-electron chi connectivity index (χ2n) is 3.95. The molecule has 1 heterocycles. The summed E-state index contributed by atoms with van der Waals surface area (Å²) in [4.78, 5) is 0. The van der Waals surface area contributed by atoms with Gasteiger partial charge in [0.05, 0.1) is 25.9 Å². The van der Waals surface area contributed by atoms with E-state index in [2.05, 4.69) is 6.07 Å². The molecule has 4 nitrogen and oxygen atoms in total. The SMILES string of the molecule is NC[C@H](O)COCc1ccc2c(c1)CCO2. The van der Waals surface area contributed by atoms with Gasteiger partial charge in [0.15, 0.2) is 0 Å². The first-order valence-electron chi connectivity index (χ1n) is 5.50. The van der Waals surface area contributed by atoms with Gasteiger partial charge >= 0.3 is 0 Å². The van der Waals surface area contributed by atoms with Gasteiger partial charge in [-0.1, -0.05) is 6.07 Å². The lowest BCUT2D eigenvalue weighted by molar-refractivity contribution is 0.0329. The summed E-state index contributed by atoms with van der Waals surface area (Å²) in [5.41, 5.74) is 7.62. The zero-order valence-corrected chi connectivity index (χ0v) is 9.19. The van der Waals surface area contributed by atoms with E-state index in [-0.39, 0.29) is 13.2 Å². The van der Waals surface area contributed by atoms with Crippen LogP contribution in [0.25, 0.3) is 0 Å². The molecule has 2 rings (SSSR count). The highest BCUT2D eigenvalue weighted by Gasteiger charge is 2.11. The summed E-state index contributed by atoms with van der Waals surface area (Å²) in [6, 6.07) is 6.05. The number of aliphatic hydroxyl groups excluding tert-OH is 1. The highest BCUT2D eigenvalue weighted by molar-refractivity contribution is 5.39. The smallest absolute Gasteiger partial charge is 0.122 e. The van der Waals surface area contributed by atoms with Crippen molar-refractivity contribution in [3.05, 3.63) is 29.3 Å². The van der Waals surface area contributed by atoms with Crippen LogP contribution >= 0.6 is 0 Å². The lowest BCUT2D eigenvalue weighted by Crippen LogP contribution is -2.24. The molecule has 0 bridgehead atoms. The molecule has 0 saturated carbocycles. The van der Waals surface area contributed by atoms with Crippen LogP contribution in [-0.4, -0.2) is 31.0 Å². The molecule has 0 spiro atoms. The Bertz CT molecular complexity index is 354. The predicted octanol–water partition coefficient (Wildman–Crippen LogP) is 0.458. The lowest BCUT2D eigenvalue weighted by Gasteiger charge is -2.09. The average molecular weight is 223 g/mol. The first-order chi connectivity index (χ1) is 7.79. The van der Waals surface area contributed by atoms with Crippen LogP contribution in [0, 0.1) is 0 Å². The fourth-order valence-electron chi connectivity index (χ4n) is 1.71. The minimum atomic E-state index is -0.572. The maximum Gasteiger partial charge on any atom is 0.122 e. The molecule has 1 aromatic carbocycles. The minimum absolute atomic E-state index is 0.234. The zero-order valence-electron chi connectivity index (χ0n) is 9.19. The standard InChI is InChI=1S/C12H17NO3/c13-6-11(14)8-15-7-9-1-2-12-10(5-9)3-4-16-12/h1-2,5,11,14H,3-4,6-8,13H2/t11-/m0/s1. The van der Waals surface area contributed by atoms with Gasteiger partial charge in [0.25, 0.3) is 0 Å². The Kier molecular flexibility index (Phi) is 3.77. The summed E-state index contributed by atoms with van der Waals surface area (Å²) in [7, 11) is 0. The number of benzene rings is 1. The van der Waals surface area contributed by atoms with Gasteiger partial charge in [-0.3, -0.25) is 0 Å². The largest absolute Gasteiger partial charge is 0.493 e. The number of fused-ring (bicyclic) bond motifs is 1. The normalized spacial score (nSPS) is 15.6. The molecule has 88 valence electrons. The van der Waals surface area contributed by atoms with Crippen molar-refractivity contribution in [1.82, 2.24) is 0 Å². The van der Waals surface area contributed by atoms with Crippen LogP contribution in [0.1, 0.15) is 11.1 Å². The predicted molar refractivity (Wildman–Crippen MR) is 60.4 cm³/mol. The van der Waals surface area contributed by atoms with Crippen molar-refractivity contribution in [2.24, 2.45) is 5.73 Å². The van der Waals surface area contributed by atoms with Crippen LogP contribution in [0.4, 0.5) is 0 Å². The quantitative estimate of drug-likeness (QED) is 0.761. The van der Waals surface area contributed by atoms with Crippen LogP contribution in [0.5, 0.6) is 5.75 Å². The van der Waals surface area contributed by atoms with Crippen LogP contribution in [0.2, 0.25) is 0 Å². The van der Waals surface area contributed by atoms with Gasteiger partial charge < -0.3 is 20.3 Å². The molecule has 0 saturated heterocycles. The van der Waals surface area contributed by atoms with Gasteiger partial charge in [-0.15, -0.1) is 0 Å². The topological polar surface area (TPSA) is 64.7 Å². The maximum absolute atomic E-state index is 9.22. The fraction of sp³-hybridized carbons (Fsp3) is 0.500. The van der Waals surface area contributed by atoms with Crippen molar-refractivity contribution in [3.8, 4) is 5.75 Å². The van der Waals surface area contributed by atoms with E-state index in [1.807, 2.05) is 12.1 Å². The molecule has 4 heteroatoms. The van der Waals surface area contributed by atoms with Gasteiger partial charge in [-0.05, 0) is 23.3 Å². The molecule has 0 radical (unpaired) electrons. The van der Waals surface area contributed by atoms with Crippen LogP contribution in [-0.2, 0) is 17.8 Å². The van der Waals surface area contributed by atoms with Crippen LogP contribution in [0.15, 0.2) is 18.2 Å². The Morgan fingerprint density at radius 3 is 3.19 bits per heavy atom. The summed E-state index contributed by atoms with van der Waals surface area (Å²) in [5.74, 6) is 0.978. The van der Waals surface area contributed by atoms with Crippen molar-refractivity contribution in [1.29, 1.82) is 0 Å². The molecule has 1 aliphatic heterocycles. The third kappa shape index (κ3) is 2.72. The number of hydrogen-bond donors (Lipinski definition) is 2. The molecule has 0 amide bonds. The Hall–Kier alpha value is -1.10. The van der Waals surface area contributed by atoms with Gasteiger partial charge in [0, 0.05) is 13.0 Å². The second kappa shape index (κ2) is 5.30. The Morgan fingerprint density at radius 1 is 1.50 bits per heavy atom. The van der Waals surface area contributed by atoms with Crippen molar-refractivity contribution in [2.45, 2.75) is 19.1 Å². The molecule has 0 aliphatic carbocycles. The van der Waals surface area contributed by atoms with E-state index in [1.54, 1.807) is 0 Å². The number of aliphatic hydroxyl groups is 1. The summed E-state index contributed by atoms with van der Waals surface area (Å²) >= 11 is 0. The molecule has 0 aromatic heterocycles. The summed E-state index contributed by atoms with van der Waals surface area (Å²) in [5, 5.41) is 9.22. The summed E-state index contributed by atoms with van der Waals surface area (Å²) < 4.78 is 10.8. The van der Waals surface area contributed by atoms with E-state index in [0.717, 1.165) is 24.3 Å². The first-order valence-corrected chi connectivity index (χ1v) is 5.50. The number of ether oxygens (including phenoxy) is 2. The van der Waals surface area contributed by atoms with E-state index >= 15 is 0 Å². The lowest BCUT2D eigenvalue weighted by atomic mass is 10.1. The zero-order chi connectivity index (χ0) is 11.4. The minimum Gasteiger partial charge on any atom is -0.493 e. The molecule has 0 unspecified atom stereocenters. The molecule has 0 fully saturated rings. The molecular weight excluding hydrogens is 206 g/mol. The summed E-state index contributed by atoms with van der Waals surface area (Å²) in [6.07, 6.45) is 0.395. The number of rotatable bonds is 5. The van der Waals surface area contributed by atoms with E-state index < -0.39 is 6.10 Å². The third-order valence-electron chi connectivity index (χ3n) is 2.60. The van der Waals surface area contributed by atoms with Crippen LogP contribution < -0.4 is 10.5 Å². The van der Waals surface area contributed by atoms with Crippen LogP contribution in [0.3, 0.4) is 0 Å². The summed E-state index contributed by atoms with van der Waals surface area (Å²) in [6.45, 7) is 1.79. The Balaban J connectivity index is 1.86. The molecule has 1 atom stereocenters. The third-order valence-corrected chi connectivity index (χ3v) is 2.60.